The van der Waals surface area contributed by atoms with Gasteiger partial charge in [-0.05, 0) is 67.9 Å². The molecule has 0 aliphatic carbocycles. The minimum absolute atomic E-state index is 0.00625. The van der Waals surface area contributed by atoms with Gasteiger partial charge in [-0.2, -0.15) is 5.10 Å². The van der Waals surface area contributed by atoms with E-state index in [0.29, 0.717) is 34.5 Å². The lowest BCUT2D eigenvalue weighted by atomic mass is 10.1. The van der Waals surface area contributed by atoms with Crippen molar-refractivity contribution in [2.75, 3.05) is 5.32 Å². The zero-order chi connectivity index (χ0) is 23.4. The molecule has 0 spiro atoms. The number of anilines is 1. The van der Waals surface area contributed by atoms with E-state index in [1.54, 1.807) is 47.1 Å². The van der Waals surface area contributed by atoms with Crippen LogP contribution in [0.5, 0.6) is 5.75 Å². The number of ketones is 1. The molecule has 33 heavy (non-hydrogen) atoms. The van der Waals surface area contributed by atoms with Crippen molar-refractivity contribution in [1.82, 2.24) is 9.78 Å². The van der Waals surface area contributed by atoms with E-state index in [-0.39, 0.29) is 18.2 Å². The normalized spacial score (nSPS) is 10.8. The molecule has 0 atom stereocenters. The van der Waals surface area contributed by atoms with E-state index in [0.717, 1.165) is 11.3 Å². The Morgan fingerprint density at radius 1 is 1.06 bits per heavy atom. The van der Waals surface area contributed by atoms with E-state index >= 15 is 0 Å². The summed E-state index contributed by atoms with van der Waals surface area (Å²) in [7, 11) is 0. The molecule has 0 bridgehead atoms. The molecule has 0 aliphatic rings. The van der Waals surface area contributed by atoms with Gasteiger partial charge < -0.3 is 14.5 Å². The minimum Gasteiger partial charge on any atom is -0.486 e. The number of aromatic nitrogens is 2. The molecule has 0 radical (unpaired) electrons. The first kappa shape index (κ1) is 22.4. The smallest absolute Gasteiger partial charge is 0.292 e. The van der Waals surface area contributed by atoms with Crippen LogP contribution in [0.4, 0.5) is 5.82 Å². The van der Waals surface area contributed by atoms with Crippen molar-refractivity contribution < 1.29 is 18.7 Å². The van der Waals surface area contributed by atoms with Gasteiger partial charge in [0.25, 0.3) is 5.91 Å². The van der Waals surface area contributed by atoms with E-state index in [2.05, 4.69) is 10.4 Å². The van der Waals surface area contributed by atoms with Crippen molar-refractivity contribution in [3.8, 4) is 5.75 Å². The summed E-state index contributed by atoms with van der Waals surface area (Å²) < 4.78 is 13.1. The molecule has 4 aromatic rings. The van der Waals surface area contributed by atoms with Gasteiger partial charge in [-0.3, -0.25) is 14.3 Å². The average molecular weight is 464 g/mol. The van der Waals surface area contributed by atoms with Crippen LogP contribution in [0.15, 0.2) is 71.1 Å². The second-order valence-corrected chi connectivity index (χ2v) is 7.98. The number of hydrogen-bond donors (Lipinski definition) is 1. The summed E-state index contributed by atoms with van der Waals surface area (Å²) in [6.07, 6.45) is 0. The van der Waals surface area contributed by atoms with Crippen molar-refractivity contribution in [3.63, 3.8) is 0 Å². The maximum absolute atomic E-state index is 12.6. The Bertz CT molecular complexity index is 1270. The van der Waals surface area contributed by atoms with E-state index in [1.807, 2.05) is 31.2 Å². The number of nitrogens with one attached hydrogen (secondary N) is 1. The number of benzene rings is 2. The fourth-order valence-electron chi connectivity index (χ4n) is 3.19. The number of carbonyl (C=O) groups excluding carboxylic acids is 2. The van der Waals surface area contributed by atoms with E-state index in [4.69, 9.17) is 20.8 Å². The lowest BCUT2D eigenvalue weighted by Crippen LogP contribution is -2.12. The molecule has 0 aliphatic heterocycles. The summed E-state index contributed by atoms with van der Waals surface area (Å²) in [5.41, 5.74) is 2.57. The Hall–Kier alpha value is -3.84. The highest BCUT2D eigenvalue weighted by atomic mass is 35.5. The predicted octanol–water partition coefficient (Wildman–Crippen LogP) is 5.52. The van der Waals surface area contributed by atoms with E-state index < -0.39 is 5.91 Å². The molecule has 2 heterocycles. The van der Waals surface area contributed by atoms with Crippen molar-refractivity contribution in [1.29, 1.82) is 0 Å². The van der Waals surface area contributed by atoms with Crippen molar-refractivity contribution >= 4 is 29.1 Å². The van der Waals surface area contributed by atoms with Gasteiger partial charge in [0.2, 0.25) is 0 Å². The number of amides is 1. The zero-order valence-corrected chi connectivity index (χ0v) is 18.9. The molecule has 1 N–H and O–H groups in total. The van der Waals surface area contributed by atoms with Crippen molar-refractivity contribution in [2.45, 2.75) is 27.0 Å². The van der Waals surface area contributed by atoms with Crippen LogP contribution in [0, 0.1) is 6.92 Å². The first-order valence-corrected chi connectivity index (χ1v) is 10.7. The number of nitrogens with zero attached hydrogens (tertiary/aromatic N) is 2. The molecular weight excluding hydrogens is 442 g/mol. The summed E-state index contributed by atoms with van der Waals surface area (Å²) in [4.78, 5) is 23.9. The molecule has 0 fully saturated rings. The number of hydrogen-bond acceptors (Lipinski definition) is 5. The van der Waals surface area contributed by atoms with Crippen LogP contribution in [-0.2, 0) is 13.2 Å². The number of Topliss-reactive ketones (excluding diaryl/α,β-unsaturated/α-hetero) is 1. The Kier molecular flexibility index (Phi) is 6.60. The van der Waals surface area contributed by atoms with Crippen LogP contribution in [0.2, 0.25) is 5.02 Å². The Morgan fingerprint density at radius 3 is 2.48 bits per heavy atom. The largest absolute Gasteiger partial charge is 0.486 e. The van der Waals surface area contributed by atoms with Gasteiger partial charge in [0.1, 0.15) is 18.1 Å². The van der Waals surface area contributed by atoms with E-state index in [1.165, 1.54) is 6.92 Å². The van der Waals surface area contributed by atoms with Gasteiger partial charge in [0.05, 0.1) is 6.54 Å². The molecule has 0 saturated carbocycles. The van der Waals surface area contributed by atoms with Crippen LogP contribution in [0.1, 0.15) is 44.9 Å². The lowest BCUT2D eigenvalue weighted by molar-refractivity contribution is 0.0990. The average Bonchev–Trinajstić information content (AvgIpc) is 3.41. The van der Waals surface area contributed by atoms with Gasteiger partial charge in [-0.15, -0.1) is 0 Å². The highest BCUT2D eigenvalue weighted by molar-refractivity contribution is 6.30. The van der Waals surface area contributed by atoms with Gasteiger partial charge in [-0.25, -0.2) is 0 Å². The summed E-state index contributed by atoms with van der Waals surface area (Å²) in [6.45, 7) is 4.15. The summed E-state index contributed by atoms with van der Waals surface area (Å²) in [5.74, 6) is 1.29. The van der Waals surface area contributed by atoms with Gasteiger partial charge in [0, 0.05) is 22.3 Å². The fraction of sp³-hybridized carbons (Fsp3) is 0.160. The summed E-state index contributed by atoms with van der Waals surface area (Å²) in [6, 6.07) is 19.4. The standard InChI is InChI=1S/C25H22ClN3O4/c1-16-13-24(28-29(16)14-18-3-7-20(26)8-4-18)27-25(31)23-12-11-22(33-23)15-32-21-9-5-19(6-10-21)17(2)30/h3-13H,14-15H2,1-2H3,(H,27,28,31). The molecule has 1 amide bonds. The molecule has 168 valence electrons. The fourth-order valence-corrected chi connectivity index (χ4v) is 3.32. The zero-order valence-electron chi connectivity index (χ0n) is 18.2. The van der Waals surface area contributed by atoms with Crippen LogP contribution in [0.25, 0.3) is 0 Å². The molecule has 0 saturated heterocycles. The van der Waals surface area contributed by atoms with Crippen molar-refractivity contribution in [3.05, 3.63) is 100 Å². The maximum atomic E-state index is 12.6. The quantitative estimate of drug-likeness (QED) is 0.348. The molecule has 7 nitrogen and oxygen atoms in total. The number of ether oxygens (including phenoxy) is 1. The van der Waals surface area contributed by atoms with Gasteiger partial charge in [-0.1, -0.05) is 23.7 Å². The Labute approximate surface area is 195 Å². The molecule has 8 heteroatoms. The monoisotopic (exact) mass is 463 g/mol. The van der Waals surface area contributed by atoms with Crippen molar-refractivity contribution in [2.24, 2.45) is 0 Å². The predicted molar refractivity (Wildman–Crippen MR) is 125 cm³/mol. The first-order chi connectivity index (χ1) is 15.9. The number of carbonyl (C=O) groups is 2. The summed E-state index contributed by atoms with van der Waals surface area (Å²) in [5, 5.41) is 7.90. The highest BCUT2D eigenvalue weighted by Gasteiger charge is 2.14. The van der Waals surface area contributed by atoms with Crippen LogP contribution in [0.3, 0.4) is 0 Å². The van der Waals surface area contributed by atoms with Gasteiger partial charge >= 0.3 is 0 Å². The van der Waals surface area contributed by atoms with Crippen LogP contribution >= 0.6 is 11.6 Å². The number of rotatable bonds is 8. The number of aryl methyl sites for hydroxylation is 1. The third-order valence-electron chi connectivity index (χ3n) is 5.00. The number of furan rings is 1. The second kappa shape index (κ2) is 9.75. The topological polar surface area (TPSA) is 86.4 Å². The third kappa shape index (κ3) is 5.70. The highest BCUT2D eigenvalue weighted by Crippen LogP contribution is 2.18. The lowest BCUT2D eigenvalue weighted by Gasteiger charge is -2.05. The SMILES string of the molecule is CC(=O)c1ccc(OCc2ccc(C(=O)Nc3cc(C)n(Cc4ccc(Cl)cc4)n3)o2)cc1. The minimum atomic E-state index is -0.400. The van der Waals surface area contributed by atoms with Gasteiger partial charge in [0.15, 0.2) is 17.4 Å². The first-order valence-electron chi connectivity index (χ1n) is 10.3. The molecule has 0 unspecified atom stereocenters. The molecule has 4 rings (SSSR count). The van der Waals surface area contributed by atoms with Crippen LogP contribution < -0.4 is 10.1 Å². The second-order valence-electron chi connectivity index (χ2n) is 7.54. The summed E-state index contributed by atoms with van der Waals surface area (Å²) >= 11 is 5.94. The maximum Gasteiger partial charge on any atom is 0.292 e. The van der Waals surface area contributed by atoms with E-state index in [9.17, 15) is 9.59 Å². The third-order valence-corrected chi connectivity index (χ3v) is 5.25. The number of halogens is 1. The Morgan fingerprint density at radius 2 is 1.79 bits per heavy atom. The van der Waals surface area contributed by atoms with Crippen LogP contribution in [-0.4, -0.2) is 21.5 Å². The Balaban J connectivity index is 1.34. The molecular formula is C25H22ClN3O4. The molecule has 2 aromatic heterocycles. The molecule has 2 aromatic carbocycles.